The second-order valence-electron chi connectivity index (χ2n) is 5.09. The van der Waals surface area contributed by atoms with Gasteiger partial charge in [0.15, 0.2) is 20.6 Å². The number of aryl methyl sites for hydroxylation is 1. The van der Waals surface area contributed by atoms with E-state index < -0.39 is 9.84 Å². The van der Waals surface area contributed by atoms with Gasteiger partial charge < -0.3 is 9.15 Å². The fraction of sp³-hybridized carbons (Fsp3) is 0.188. The minimum absolute atomic E-state index is 0.272. The number of hydrogen-bond donors (Lipinski definition) is 0. The summed E-state index contributed by atoms with van der Waals surface area (Å²) in [7, 11) is -3.19. The predicted octanol–water partition coefficient (Wildman–Crippen LogP) is 3.69. The Bertz CT molecular complexity index is 908. The van der Waals surface area contributed by atoms with Crippen molar-refractivity contribution in [3.05, 3.63) is 53.2 Å². The Kier molecular flexibility index (Phi) is 4.23. The van der Waals surface area contributed by atoms with Crippen LogP contribution in [0.2, 0.25) is 0 Å². The van der Waals surface area contributed by atoms with E-state index in [0.717, 1.165) is 22.2 Å². The summed E-state index contributed by atoms with van der Waals surface area (Å²) < 4.78 is 34.0. The third-order valence-corrected chi connectivity index (χ3v) is 5.18. The molecule has 0 saturated heterocycles. The van der Waals surface area contributed by atoms with Gasteiger partial charge in [-0.15, -0.1) is 11.3 Å². The van der Waals surface area contributed by atoms with Gasteiger partial charge in [-0.2, -0.15) is 0 Å². The molecule has 1 aromatic carbocycles. The van der Waals surface area contributed by atoms with Crippen molar-refractivity contribution in [2.75, 3.05) is 6.26 Å². The maximum absolute atomic E-state index is 11.4. The number of rotatable bonds is 5. The minimum atomic E-state index is -3.19. The second kappa shape index (κ2) is 6.17. The summed E-state index contributed by atoms with van der Waals surface area (Å²) in [6, 6.07) is 10.1. The van der Waals surface area contributed by atoms with E-state index in [1.165, 1.54) is 29.7 Å². The maximum atomic E-state index is 11.4. The maximum Gasteiger partial charge on any atom is 0.175 e. The lowest BCUT2D eigenvalue weighted by Gasteiger charge is -2.05. The van der Waals surface area contributed by atoms with Crippen LogP contribution in [-0.4, -0.2) is 19.7 Å². The van der Waals surface area contributed by atoms with Crippen LogP contribution in [0.15, 0.2) is 51.1 Å². The predicted molar refractivity (Wildman–Crippen MR) is 88.4 cm³/mol. The third-order valence-electron chi connectivity index (χ3n) is 3.14. The molecular formula is C16H15NO4S2. The summed E-state index contributed by atoms with van der Waals surface area (Å²) in [4.78, 5) is 4.74. The average molecular weight is 349 g/mol. The summed E-state index contributed by atoms with van der Waals surface area (Å²) >= 11 is 1.49. The second-order valence-corrected chi connectivity index (χ2v) is 7.96. The van der Waals surface area contributed by atoms with Gasteiger partial charge in [-0.25, -0.2) is 13.4 Å². The van der Waals surface area contributed by atoms with Gasteiger partial charge in [0.2, 0.25) is 0 Å². The van der Waals surface area contributed by atoms with Crippen LogP contribution >= 0.6 is 11.3 Å². The molecular weight excluding hydrogens is 334 g/mol. The SMILES string of the molecule is Cc1ccc(-c2nc(COc3ccc(S(C)(=O)=O)cc3)cs2)o1. The summed E-state index contributed by atoms with van der Waals surface area (Å²) in [5.41, 5.74) is 0.797. The number of ether oxygens (including phenoxy) is 1. The van der Waals surface area contributed by atoms with Crippen molar-refractivity contribution in [1.82, 2.24) is 4.98 Å². The molecule has 2 heterocycles. The first-order valence-corrected chi connectivity index (χ1v) is 9.63. The standard InChI is InChI=1S/C16H15NO4S2/c1-11-3-8-15(21-11)16-17-12(10-22-16)9-20-13-4-6-14(7-5-13)23(2,18)19/h3-8,10H,9H2,1-2H3. The topological polar surface area (TPSA) is 69.4 Å². The smallest absolute Gasteiger partial charge is 0.175 e. The zero-order chi connectivity index (χ0) is 16.4. The van der Waals surface area contributed by atoms with E-state index in [0.29, 0.717) is 12.4 Å². The van der Waals surface area contributed by atoms with Gasteiger partial charge in [0.05, 0.1) is 10.6 Å². The number of hydrogen-bond acceptors (Lipinski definition) is 6. The molecule has 120 valence electrons. The third kappa shape index (κ3) is 3.80. The minimum Gasteiger partial charge on any atom is -0.487 e. The van der Waals surface area contributed by atoms with Crippen LogP contribution in [0.25, 0.3) is 10.8 Å². The van der Waals surface area contributed by atoms with Crippen LogP contribution in [0.3, 0.4) is 0 Å². The molecule has 0 amide bonds. The Morgan fingerprint density at radius 3 is 2.52 bits per heavy atom. The highest BCUT2D eigenvalue weighted by Crippen LogP contribution is 2.26. The highest BCUT2D eigenvalue weighted by atomic mass is 32.2. The molecule has 0 spiro atoms. The van der Waals surface area contributed by atoms with E-state index in [1.54, 1.807) is 12.1 Å². The first-order valence-electron chi connectivity index (χ1n) is 6.86. The summed E-state index contributed by atoms with van der Waals surface area (Å²) in [6.45, 7) is 2.20. The van der Waals surface area contributed by atoms with Gasteiger partial charge in [-0.05, 0) is 43.3 Å². The Morgan fingerprint density at radius 1 is 1.17 bits per heavy atom. The largest absolute Gasteiger partial charge is 0.487 e. The Labute approximate surface area is 138 Å². The molecule has 3 rings (SSSR count). The van der Waals surface area contributed by atoms with Crippen LogP contribution in [0.5, 0.6) is 5.75 Å². The number of thiazole rings is 1. The first kappa shape index (κ1) is 15.8. The molecule has 0 fully saturated rings. The summed E-state index contributed by atoms with van der Waals surface area (Å²) in [5.74, 6) is 2.19. The fourth-order valence-electron chi connectivity index (χ4n) is 1.98. The Morgan fingerprint density at radius 2 is 1.91 bits per heavy atom. The van der Waals surface area contributed by atoms with E-state index in [1.807, 2.05) is 24.4 Å². The van der Waals surface area contributed by atoms with Crippen LogP contribution in [-0.2, 0) is 16.4 Å². The van der Waals surface area contributed by atoms with Gasteiger partial charge in [0.1, 0.15) is 18.1 Å². The number of furan rings is 1. The molecule has 0 unspecified atom stereocenters. The highest BCUT2D eigenvalue weighted by Gasteiger charge is 2.10. The molecule has 0 radical (unpaired) electrons. The number of sulfone groups is 1. The van der Waals surface area contributed by atoms with Crippen LogP contribution in [0, 0.1) is 6.92 Å². The van der Waals surface area contributed by atoms with E-state index in [9.17, 15) is 8.42 Å². The van der Waals surface area contributed by atoms with Gasteiger partial charge in [-0.3, -0.25) is 0 Å². The molecule has 0 aliphatic carbocycles. The molecule has 2 aromatic heterocycles. The average Bonchev–Trinajstić information content (AvgIpc) is 3.13. The Hall–Kier alpha value is -2.12. The number of benzene rings is 1. The molecule has 0 aliphatic heterocycles. The van der Waals surface area contributed by atoms with Crippen LogP contribution < -0.4 is 4.74 Å². The monoisotopic (exact) mass is 349 g/mol. The van der Waals surface area contributed by atoms with Crippen LogP contribution in [0.1, 0.15) is 11.5 Å². The molecule has 5 nitrogen and oxygen atoms in total. The number of aromatic nitrogens is 1. The normalized spacial score (nSPS) is 11.6. The lowest BCUT2D eigenvalue weighted by Crippen LogP contribution is -1.98. The summed E-state index contributed by atoms with van der Waals surface area (Å²) in [6.07, 6.45) is 1.18. The number of nitrogens with zero attached hydrogens (tertiary/aromatic N) is 1. The molecule has 0 aliphatic rings. The van der Waals surface area contributed by atoms with Crippen molar-refractivity contribution in [2.45, 2.75) is 18.4 Å². The quantitative estimate of drug-likeness (QED) is 0.702. The van der Waals surface area contributed by atoms with Gasteiger partial charge in [0.25, 0.3) is 0 Å². The van der Waals surface area contributed by atoms with Gasteiger partial charge >= 0.3 is 0 Å². The first-order chi connectivity index (χ1) is 10.9. The van der Waals surface area contributed by atoms with E-state index >= 15 is 0 Å². The van der Waals surface area contributed by atoms with Crippen LogP contribution in [0.4, 0.5) is 0 Å². The van der Waals surface area contributed by atoms with Crippen molar-refractivity contribution in [3.63, 3.8) is 0 Å². The van der Waals surface area contributed by atoms with E-state index in [2.05, 4.69) is 4.98 Å². The molecule has 3 aromatic rings. The van der Waals surface area contributed by atoms with Crippen molar-refractivity contribution >= 4 is 21.2 Å². The molecule has 0 saturated carbocycles. The van der Waals surface area contributed by atoms with E-state index in [4.69, 9.17) is 9.15 Å². The molecule has 23 heavy (non-hydrogen) atoms. The molecule has 0 atom stereocenters. The van der Waals surface area contributed by atoms with Gasteiger partial charge in [-0.1, -0.05) is 0 Å². The summed E-state index contributed by atoms with van der Waals surface area (Å²) in [5, 5.41) is 2.72. The highest BCUT2D eigenvalue weighted by molar-refractivity contribution is 7.90. The van der Waals surface area contributed by atoms with E-state index in [-0.39, 0.29) is 4.90 Å². The molecule has 0 bridgehead atoms. The lowest BCUT2D eigenvalue weighted by molar-refractivity contribution is 0.302. The molecule has 0 N–H and O–H groups in total. The Balaban J connectivity index is 1.66. The zero-order valence-electron chi connectivity index (χ0n) is 12.6. The van der Waals surface area contributed by atoms with Crippen molar-refractivity contribution in [1.29, 1.82) is 0 Å². The lowest BCUT2D eigenvalue weighted by atomic mass is 10.3. The van der Waals surface area contributed by atoms with Crippen molar-refractivity contribution in [2.24, 2.45) is 0 Å². The fourth-order valence-corrected chi connectivity index (χ4v) is 3.37. The van der Waals surface area contributed by atoms with Gasteiger partial charge in [0, 0.05) is 11.6 Å². The molecule has 7 heteroatoms. The zero-order valence-corrected chi connectivity index (χ0v) is 14.3. The van der Waals surface area contributed by atoms with Crippen molar-refractivity contribution < 1.29 is 17.6 Å². The van der Waals surface area contributed by atoms with Crippen molar-refractivity contribution in [3.8, 4) is 16.5 Å².